The van der Waals surface area contributed by atoms with Gasteiger partial charge in [0.05, 0.1) is 17.2 Å². The van der Waals surface area contributed by atoms with Crippen LogP contribution in [-0.4, -0.2) is 39.0 Å². The van der Waals surface area contributed by atoms with Crippen LogP contribution < -0.4 is 4.90 Å². The van der Waals surface area contributed by atoms with Crippen LogP contribution in [0.25, 0.3) is 6.08 Å². The summed E-state index contributed by atoms with van der Waals surface area (Å²) in [6, 6.07) is 4.00. The maximum Gasteiger partial charge on any atom is 0.367 e. The maximum atomic E-state index is 11.8. The lowest BCUT2D eigenvalue weighted by Gasteiger charge is -2.06. The molecule has 0 N–H and O–H groups in total. The van der Waals surface area contributed by atoms with Crippen LogP contribution in [0.2, 0.25) is 0 Å². The van der Waals surface area contributed by atoms with Gasteiger partial charge in [-0.25, -0.2) is 4.79 Å². The van der Waals surface area contributed by atoms with Gasteiger partial charge in [-0.1, -0.05) is 18.5 Å². The van der Waals surface area contributed by atoms with E-state index in [-0.39, 0.29) is 0 Å². The molecule has 0 spiro atoms. The summed E-state index contributed by atoms with van der Waals surface area (Å²) in [6.45, 7) is 3.08. The fourth-order valence-corrected chi connectivity index (χ4v) is 2.65. The smallest absolute Gasteiger partial charge is 0.367 e. The lowest BCUT2D eigenvalue weighted by atomic mass is 10.1. The van der Waals surface area contributed by atoms with Crippen molar-refractivity contribution in [2.24, 2.45) is 5.16 Å². The van der Waals surface area contributed by atoms with Crippen molar-refractivity contribution in [1.29, 1.82) is 0 Å². The summed E-state index contributed by atoms with van der Waals surface area (Å²) in [7, 11) is 3.97. The third kappa shape index (κ3) is 4.15. The Hall–Kier alpha value is -1.66. The second-order valence-corrected chi connectivity index (χ2v) is 6.05. The molecular formula is C15H20N2O3S. The molecular weight excluding hydrogens is 288 g/mol. The van der Waals surface area contributed by atoms with E-state index in [0.29, 0.717) is 24.5 Å². The van der Waals surface area contributed by atoms with Crippen molar-refractivity contribution in [1.82, 2.24) is 0 Å². The zero-order valence-corrected chi connectivity index (χ0v) is 13.4. The molecule has 0 radical (unpaired) electrons. The molecule has 21 heavy (non-hydrogen) atoms. The normalized spacial score (nSPS) is 16.2. The highest BCUT2D eigenvalue weighted by atomic mass is 32.1. The van der Waals surface area contributed by atoms with E-state index in [1.165, 1.54) is 0 Å². The minimum absolute atomic E-state index is 0.309. The minimum Gasteiger partial charge on any atom is -0.375 e. The van der Waals surface area contributed by atoms with Crippen molar-refractivity contribution in [2.75, 3.05) is 32.2 Å². The molecule has 6 heteroatoms. The van der Waals surface area contributed by atoms with E-state index < -0.39 is 5.97 Å². The minimum atomic E-state index is -0.413. The van der Waals surface area contributed by atoms with Gasteiger partial charge in [0.15, 0.2) is 0 Å². The standard InChI is InChI=1S/C15H20N2O3S/c1-4-5-8-19-10-13-12(15(18)20-16-13)9-11-6-7-14(21-11)17(2)3/h6-7,9H,4-5,8,10H2,1-3H3. The van der Waals surface area contributed by atoms with Crippen LogP contribution in [-0.2, 0) is 14.4 Å². The molecule has 0 aromatic carbocycles. The van der Waals surface area contributed by atoms with E-state index >= 15 is 0 Å². The SMILES string of the molecule is CCCCOCC1=NOC(=O)C1=Cc1ccc(N(C)C)s1. The quantitative estimate of drug-likeness (QED) is 0.441. The van der Waals surface area contributed by atoms with Crippen LogP contribution >= 0.6 is 11.3 Å². The van der Waals surface area contributed by atoms with E-state index in [9.17, 15) is 4.79 Å². The highest BCUT2D eigenvalue weighted by Gasteiger charge is 2.25. The summed E-state index contributed by atoms with van der Waals surface area (Å²) in [5.74, 6) is -0.413. The lowest BCUT2D eigenvalue weighted by Crippen LogP contribution is -2.12. The summed E-state index contributed by atoms with van der Waals surface area (Å²) >= 11 is 1.61. The van der Waals surface area contributed by atoms with Gasteiger partial charge < -0.3 is 14.5 Å². The highest BCUT2D eigenvalue weighted by Crippen LogP contribution is 2.27. The third-order valence-corrected chi connectivity index (χ3v) is 4.19. The number of thiophene rings is 1. The van der Waals surface area contributed by atoms with Crippen LogP contribution in [0.15, 0.2) is 22.9 Å². The molecule has 2 heterocycles. The van der Waals surface area contributed by atoms with E-state index in [1.807, 2.05) is 37.2 Å². The largest absolute Gasteiger partial charge is 0.375 e. The highest BCUT2D eigenvalue weighted by molar-refractivity contribution is 7.17. The predicted octanol–water partition coefficient (Wildman–Crippen LogP) is 2.93. The Bertz CT molecular complexity index is 561. The van der Waals surface area contributed by atoms with Crippen LogP contribution in [0.1, 0.15) is 24.6 Å². The van der Waals surface area contributed by atoms with Gasteiger partial charge in [-0.2, -0.15) is 0 Å². The fourth-order valence-electron chi connectivity index (χ4n) is 1.78. The van der Waals surface area contributed by atoms with Crippen molar-refractivity contribution in [3.8, 4) is 0 Å². The van der Waals surface area contributed by atoms with Crippen molar-refractivity contribution in [3.63, 3.8) is 0 Å². The molecule has 0 unspecified atom stereocenters. The van der Waals surface area contributed by atoms with E-state index in [1.54, 1.807) is 11.3 Å². The van der Waals surface area contributed by atoms with Gasteiger partial charge in [0.1, 0.15) is 5.71 Å². The van der Waals surface area contributed by atoms with Crippen molar-refractivity contribution in [3.05, 3.63) is 22.6 Å². The molecule has 5 nitrogen and oxygen atoms in total. The zero-order chi connectivity index (χ0) is 15.2. The fraction of sp³-hybridized carbons (Fsp3) is 0.467. The van der Waals surface area contributed by atoms with Gasteiger partial charge >= 0.3 is 5.97 Å². The maximum absolute atomic E-state index is 11.8. The summed E-state index contributed by atoms with van der Waals surface area (Å²) in [5.41, 5.74) is 1.05. The molecule has 0 fully saturated rings. The first-order valence-electron chi connectivity index (χ1n) is 6.97. The van der Waals surface area contributed by atoms with Crippen LogP contribution in [0.3, 0.4) is 0 Å². The number of oxime groups is 1. The van der Waals surface area contributed by atoms with Gasteiger partial charge in [-0.3, -0.25) is 0 Å². The molecule has 1 aliphatic heterocycles. The number of ether oxygens (including phenoxy) is 1. The second kappa shape index (κ2) is 7.38. The van der Waals surface area contributed by atoms with E-state index in [2.05, 4.69) is 12.1 Å². The molecule has 1 aromatic heterocycles. The average molecular weight is 308 g/mol. The predicted molar refractivity (Wildman–Crippen MR) is 85.9 cm³/mol. The number of rotatable bonds is 7. The Balaban J connectivity index is 2.05. The first kappa shape index (κ1) is 15.7. The van der Waals surface area contributed by atoms with Gasteiger partial charge in [0, 0.05) is 25.6 Å². The molecule has 0 amide bonds. The number of carbonyl (C=O) groups is 1. The Labute approximate surface area is 128 Å². The summed E-state index contributed by atoms with van der Waals surface area (Å²) in [4.78, 5) is 19.5. The van der Waals surface area contributed by atoms with Crippen LogP contribution in [0.4, 0.5) is 5.00 Å². The Kier molecular flexibility index (Phi) is 5.52. The number of nitrogens with zero attached hydrogens (tertiary/aromatic N) is 2. The molecule has 0 saturated carbocycles. The van der Waals surface area contributed by atoms with Gasteiger partial charge in [-0.05, 0) is 24.6 Å². The first-order chi connectivity index (χ1) is 10.1. The van der Waals surface area contributed by atoms with Gasteiger partial charge in [0.2, 0.25) is 0 Å². The van der Waals surface area contributed by atoms with Crippen molar-refractivity contribution < 1.29 is 14.4 Å². The number of unbranched alkanes of at least 4 members (excludes halogenated alkanes) is 1. The lowest BCUT2D eigenvalue weighted by molar-refractivity contribution is -0.136. The number of carbonyl (C=O) groups excluding carboxylic acids is 1. The van der Waals surface area contributed by atoms with Gasteiger partial charge in [-0.15, -0.1) is 11.3 Å². The molecule has 114 valence electrons. The molecule has 1 aliphatic rings. The second-order valence-electron chi connectivity index (χ2n) is 4.95. The van der Waals surface area contributed by atoms with Crippen molar-refractivity contribution >= 4 is 34.1 Å². The summed E-state index contributed by atoms with van der Waals surface area (Å²) in [5, 5.41) is 4.93. The monoisotopic (exact) mass is 308 g/mol. The average Bonchev–Trinajstić information content (AvgIpc) is 3.05. The Morgan fingerprint density at radius 1 is 1.43 bits per heavy atom. The van der Waals surface area contributed by atoms with E-state index in [4.69, 9.17) is 9.57 Å². The Morgan fingerprint density at radius 3 is 2.90 bits per heavy atom. The topological polar surface area (TPSA) is 51.1 Å². The van der Waals surface area contributed by atoms with Crippen LogP contribution in [0, 0.1) is 0 Å². The molecule has 0 aliphatic carbocycles. The zero-order valence-electron chi connectivity index (χ0n) is 12.6. The number of hydrogen-bond acceptors (Lipinski definition) is 6. The molecule has 2 rings (SSSR count). The van der Waals surface area contributed by atoms with Crippen LogP contribution in [0.5, 0.6) is 0 Å². The Morgan fingerprint density at radius 2 is 2.24 bits per heavy atom. The summed E-state index contributed by atoms with van der Waals surface area (Å²) < 4.78 is 5.51. The summed E-state index contributed by atoms with van der Waals surface area (Å²) in [6.07, 6.45) is 3.89. The molecule has 1 aromatic rings. The van der Waals surface area contributed by atoms with Crippen molar-refractivity contribution in [2.45, 2.75) is 19.8 Å². The molecule has 0 saturated heterocycles. The number of hydrogen-bond donors (Lipinski definition) is 0. The third-order valence-electron chi connectivity index (χ3n) is 2.99. The number of anilines is 1. The van der Waals surface area contributed by atoms with Gasteiger partial charge in [0.25, 0.3) is 0 Å². The molecule has 0 bridgehead atoms. The van der Waals surface area contributed by atoms with E-state index in [0.717, 1.165) is 22.7 Å². The molecule has 0 atom stereocenters. The first-order valence-corrected chi connectivity index (χ1v) is 7.78.